The molecule has 0 saturated heterocycles. The highest BCUT2D eigenvalue weighted by Gasteiger charge is 2.32. The van der Waals surface area contributed by atoms with Gasteiger partial charge in [-0.2, -0.15) is 0 Å². The van der Waals surface area contributed by atoms with E-state index in [0.717, 1.165) is 6.92 Å². The van der Waals surface area contributed by atoms with Crippen molar-refractivity contribution in [1.82, 2.24) is 0 Å². The molecular formula is C10H16O5. The summed E-state index contributed by atoms with van der Waals surface area (Å²) in [6.07, 6.45) is 0.133. The van der Waals surface area contributed by atoms with Crippen LogP contribution in [0, 0.1) is 11.3 Å². The number of hydrogen-bond acceptors (Lipinski definition) is 4. The lowest BCUT2D eigenvalue weighted by Crippen LogP contribution is -2.29. The maximum atomic E-state index is 11.2. The Morgan fingerprint density at radius 3 is 2.13 bits per heavy atom. The van der Waals surface area contributed by atoms with E-state index >= 15 is 0 Å². The number of carboxylic acid groups (broad SMARTS) is 1. The van der Waals surface area contributed by atoms with Crippen molar-refractivity contribution in [2.45, 2.75) is 34.1 Å². The van der Waals surface area contributed by atoms with Crippen molar-refractivity contribution < 1.29 is 24.2 Å². The molecule has 0 aromatic rings. The van der Waals surface area contributed by atoms with E-state index in [1.54, 1.807) is 0 Å². The highest BCUT2D eigenvalue weighted by Crippen LogP contribution is 2.26. The minimum atomic E-state index is -1.00. The van der Waals surface area contributed by atoms with Gasteiger partial charge >= 0.3 is 17.9 Å². The van der Waals surface area contributed by atoms with E-state index in [4.69, 9.17) is 5.11 Å². The zero-order valence-electron chi connectivity index (χ0n) is 9.36. The van der Waals surface area contributed by atoms with Crippen LogP contribution in [0.3, 0.4) is 0 Å². The molecule has 0 aliphatic heterocycles. The van der Waals surface area contributed by atoms with Gasteiger partial charge in [-0.1, -0.05) is 6.92 Å². The SMILES string of the molecule is CC(=O)OC(=O)C(C)CC(C)(C)C(=O)O. The van der Waals surface area contributed by atoms with Crippen molar-refractivity contribution in [2.24, 2.45) is 11.3 Å². The van der Waals surface area contributed by atoms with Gasteiger partial charge in [0.05, 0.1) is 11.3 Å². The molecule has 0 aromatic heterocycles. The number of carbonyl (C=O) groups excluding carboxylic acids is 2. The average Bonchev–Trinajstić information content (AvgIpc) is 2.01. The van der Waals surface area contributed by atoms with Crippen molar-refractivity contribution in [1.29, 1.82) is 0 Å². The summed E-state index contributed by atoms with van der Waals surface area (Å²) in [7, 11) is 0. The van der Waals surface area contributed by atoms with Gasteiger partial charge in [0, 0.05) is 6.92 Å². The van der Waals surface area contributed by atoms with Crippen molar-refractivity contribution in [2.75, 3.05) is 0 Å². The molecular weight excluding hydrogens is 200 g/mol. The van der Waals surface area contributed by atoms with Crippen molar-refractivity contribution in [3.05, 3.63) is 0 Å². The van der Waals surface area contributed by atoms with Gasteiger partial charge < -0.3 is 9.84 Å². The van der Waals surface area contributed by atoms with Crippen LogP contribution in [0.5, 0.6) is 0 Å². The van der Waals surface area contributed by atoms with Crippen LogP contribution in [-0.4, -0.2) is 23.0 Å². The molecule has 1 N–H and O–H groups in total. The lowest BCUT2D eigenvalue weighted by Gasteiger charge is -2.21. The molecule has 0 rings (SSSR count). The third kappa shape index (κ3) is 4.58. The van der Waals surface area contributed by atoms with E-state index in [1.165, 1.54) is 20.8 Å². The first-order valence-corrected chi connectivity index (χ1v) is 4.62. The lowest BCUT2D eigenvalue weighted by molar-refractivity contribution is -0.162. The molecule has 0 radical (unpaired) electrons. The molecule has 86 valence electrons. The number of carbonyl (C=O) groups is 3. The molecule has 0 saturated carbocycles. The second kappa shape index (κ2) is 4.91. The van der Waals surface area contributed by atoms with Gasteiger partial charge in [0.25, 0.3) is 0 Å². The Bertz CT molecular complexity index is 280. The van der Waals surface area contributed by atoms with Crippen LogP contribution in [0.4, 0.5) is 0 Å². The smallest absolute Gasteiger partial charge is 0.316 e. The van der Waals surface area contributed by atoms with Gasteiger partial charge in [-0.05, 0) is 20.3 Å². The fourth-order valence-electron chi connectivity index (χ4n) is 1.18. The third-order valence-corrected chi connectivity index (χ3v) is 2.04. The second-order valence-electron chi connectivity index (χ2n) is 4.21. The summed E-state index contributed by atoms with van der Waals surface area (Å²) in [5, 5.41) is 8.83. The van der Waals surface area contributed by atoms with E-state index in [1.807, 2.05) is 0 Å². The van der Waals surface area contributed by atoms with Crippen LogP contribution in [0.15, 0.2) is 0 Å². The monoisotopic (exact) mass is 216 g/mol. The zero-order valence-corrected chi connectivity index (χ0v) is 9.36. The summed E-state index contributed by atoms with van der Waals surface area (Å²) < 4.78 is 4.37. The summed E-state index contributed by atoms with van der Waals surface area (Å²) >= 11 is 0. The maximum absolute atomic E-state index is 11.2. The number of ether oxygens (including phenoxy) is 1. The molecule has 0 aliphatic carbocycles. The van der Waals surface area contributed by atoms with E-state index in [9.17, 15) is 14.4 Å². The van der Waals surface area contributed by atoms with Gasteiger partial charge in [-0.3, -0.25) is 14.4 Å². The van der Waals surface area contributed by atoms with Gasteiger partial charge in [-0.15, -0.1) is 0 Å². The largest absolute Gasteiger partial charge is 0.481 e. The number of aliphatic carboxylic acids is 1. The van der Waals surface area contributed by atoms with Gasteiger partial charge in [0.1, 0.15) is 0 Å². The topological polar surface area (TPSA) is 80.7 Å². The summed E-state index contributed by atoms with van der Waals surface area (Å²) in [5.41, 5.74) is -1.00. The molecule has 5 nitrogen and oxygen atoms in total. The lowest BCUT2D eigenvalue weighted by atomic mass is 9.83. The quantitative estimate of drug-likeness (QED) is 0.564. The Balaban J connectivity index is 4.36. The predicted molar refractivity (Wildman–Crippen MR) is 52.0 cm³/mol. The van der Waals surface area contributed by atoms with Crippen molar-refractivity contribution in [3.63, 3.8) is 0 Å². The van der Waals surface area contributed by atoms with Crippen LogP contribution in [-0.2, 0) is 19.1 Å². The zero-order chi connectivity index (χ0) is 12.2. The molecule has 1 unspecified atom stereocenters. The fourth-order valence-corrected chi connectivity index (χ4v) is 1.18. The summed E-state index contributed by atoms with van der Waals surface area (Å²) in [6.45, 7) is 5.71. The molecule has 0 heterocycles. The van der Waals surface area contributed by atoms with Crippen LogP contribution in [0.25, 0.3) is 0 Å². The third-order valence-electron chi connectivity index (χ3n) is 2.04. The molecule has 0 fully saturated rings. The molecule has 0 aromatic carbocycles. The molecule has 15 heavy (non-hydrogen) atoms. The minimum absolute atomic E-state index is 0.133. The molecule has 0 bridgehead atoms. The molecule has 0 spiro atoms. The number of hydrogen-bond donors (Lipinski definition) is 1. The average molecular weight is 216 g/mol. The van der Waals surface area contributed by atoms with Crippen molar-refractivity contribution in [3.8, 4) is 0 Å². The number of carboxylic acids is 1. The van der Waals surface area contributed by atoms with Crippen LogP contribution in [0.1, 0.15) is 34.1 Å². The van der Waals surface area contributed by atoms with E-state index in [-0.39, 0.29) is 6.42 Å². The normalized spacial score (nSPS) is 13.1. The fraction of sp³-hybridized carbons (Fsp3) is 0.700. The summed E-state index contributed by atoms with van der Waals surface area (Å²) in [6, 6.07) is 0. The maximum Gasteiger partial charge on any atom is 0.316 e. The first-order valence-electron chi connectivity index (χ1n) is 4.62. The predicted octanol–water partition coefficient (Wildman–Crippen LogP) is 1.21. The van der Waals surface area contributed by atoms with E-state index in [2.05, 4.69) is 4.74 Å². The molecule has 0 amide bonds. The first kappa shape index (κ1) is 13.6. The van der Waals surface area contributed by atoms with E-state index < -0.39 is 29.2 Å². The minimum Gasteiger partial charge on any atom is -0.481 e. The summed E-state index contributed by atoms with van der Waals surface area (Å²) in [5.74, 6) is -2.96. The van der Waals surface area contributed by atoms with E-state index in [0.29, 0.717) is 0 Å². The first-order chi connectivity index (χ1) is 6.66. The standard InChI is InChI=1S/C10H16O5/c1-6(8(12)15-7(2)11)5-10(3,4)9(13)14/h6H,5H2,1-4H3,(H,13,14). The number of esters is 2. The van der Waals surface area contributed by atoms with Gasteiger partial charge in [0.2, 0.25) is 0 Å². The molecule has 5 heteroatoms. The van der Waals surface area contributed by atoms with Gasteiger partial charge in [-0.25, -0.2) is 0 Å². The van der Waals surface area contributed by atoms with Crippen LogP contribution < -0.4 is 0 Å². The Kier molecular flexibility index (Phi) is 4.45. The summed E-state index contributed by atoms with van der Waals surface area (Å²) in [4.78, 5) is 32.5. The Morgan fingerprint density at radius 1 is 1.33 bits per heavy atom. The number of rotatable bonds is 4. The Morgan fingerprint density at radius 2 is 1.80 bits per heavy atom. The van der Waals surface area contributed by atoms with Crippen molar-refractivity contribution >= 4 is 17.9 Å². The second-order valence-corrected chi connectivity index (χ2v) is 4.21. The molecule has 1 atom stereocenters. The van der Waals surface area contributed by atoms with Gasteiger partial charge in [0.15, 0.2) is 0 Å². The van der Waals surface area contributed by atoms with Crippen LogP contribution >= 0.6 is 0 Å². The Hall–Kier alpha value is -1.39. The van der Waals surface area contributed by atoms with Crippen LogP contribution in [0.2, 0.25) is 0 Å². The molecule has 0 aliphatic rings. The highest BCUT2D eigenvalue weighted by atomic mass is 16.6. The highest BCUT2D eigenvalue weighted by molar-refractivity contribution is 5.85. The Labute approximate surface area is 88.4 Å².